The van der Waals surface area contributed by atoms with Crippen molar-refractivity contribution in [1.29, 1.82) is 0 Å². The van der Waals surface area contributed by atoms with Crippen LogP contribution in [0.1, 0.15) is 68.2 Å². The zero-order chi connectivity index (χ0) is 19.8. The van der Waals surface area contributed by atoms with Crippen molar-refractivity contribution >= 4 is 20.5 Å². The normalized spacial score (nSPS) is 18.2. The second-order valence-corrected chi connectivity index (χ2v) is 10.5. The van der Waals surface area contributed by atoms with E-state index in [1.807, 2.05) is 13.8 Å². The van der Waals surface area contributed by atoms with Crippen LogP contribution in [0.3, 0.4) is 0 Å². The van der Waals surface area contributed by atoms with Crippen LogP contribution in [0.2, 0.25) is 0 Å². The van der Waals surface area contributed by atoms with Gasteiger partial charge in [0.15, 0.2) is 10.8 Å². The number of ether oxygens (including phenoxy) is 4. The molecular weight excluding hydrogens is 350 g/mol. The van der Waals surface area contributed by atoms with Crippen molar-refractivity contribution in [3.8, 4) is 0 Å². The summed E-state index contributed by atoms with van der Waals surface area (Å²) < 4.78 is 24.6. The quantitative estimate of drug-likeness (QED) is 0.354. The predicted molar refractivity (Wildman–Crippen MR) is 112 cm³/mol. The van der Waals surface area contributed by atoms with Crippen LogP contribution >= 0.6 is 0 Å². The fourth-order valence-corrected chi connectivity index (χ4v) is 4.19. The SMILES string of the molecule is CCCOC([SiH3])(OCC)C(C)(C)NC(C)(C)C([SiH3])(OCC)OCCC. The second kappa shape index (κ2) is 10.5. The first-order valence-corrected chi connectivity index (χ1v) is 11.8. The first-order chi connectivity index (χ1) is 11.4. The molecule has 2 atom stereocenters. The maximum atomic E-state index is 6.19. The molecule has 0 aromatic carbocycles. The first kappa shape index (κ1) is 25.2. The van der Waals surface area contributed by atoms with E-state index in [2.05, 4.69) is 46.9 Å². The molecule has 0 saturated carbocycles. The van der Waals surface area contributed by atoms with Gasteiger partial charge in [-0.05, 0) is 54.4 Å². The van der Waals surface area contributed by atoms with Crippen LogP contribution < -0.4 is 5.32 Å². The smallest absolute Gasteiger partial charge is 0.158 e. The molecule has 0 radical (unpaired) electrons. The van der Waals surface area contributed by atoms with Crippen LogP contribution in [0.5, 0.6) is 0 Å². The molecule has 2 unspecified atom stereocenters. The molecule has 0 saturated heterocycles. The van der Waals surface area contributed by atoms with E-state index >= 15 is 0 Å². The van der Waals surface area contributed by atoms with Crippen LogP contribution in [-0.2, 0) is 18.9 Å². The van der Waals surface area contributed by atoms with E-state index in [0.29, 0.717) is 26.4 Å². The number of nitrogens with one attached hydrogen (secondary N) is 1. The molecule has 0 heterocycles. The molecule has 0 bridgehead atoms. The summed E-state index contributed by atoms with van der Waals surface area (Å²) in [5, 5.41) is 3.77. The topological polar surface area (TPSA) is 49.0 Å². The maximum absolute atomic E-state index is 6.19. The Morgan fingerprint density at radius 3 is 1.20 bits per heavy atom. The van der Waals surface area contributed by atoms with Crippen LogP contribution in [0.15, 0.2) is 0 Å². The van der Waals surface area contributed by atoms with Gasteiger partial charge in [0, 0.05) is 26.4 Å². The van der Waals surface area contributed by atoms with Crippen molar-refractivity contribution in [1.82, 2.24) is 5.32 Å². The van der Waals surface area contributed by atoms with Gasteiger partial charge in [-0.25, -0.2) is 0 Å². The van der Waals surface area contributed by atoms with E-state index in [1.54, 1.807) is 0 Å². The molecule has 0 amide bonds. The molecule has 5 nitrogen and oxygen atoms in total. The molecule has 152 valence electrons. The molecule has 0 aliphatic carbocycles. The molecule has 0 aliphatic heterocycles. The summed E-state index contributed by atoms with van der Waals surface area (Å²) in [5.41, 5.74) is -1.96. The standard InChI is InChI=1S/C18H43NO4Si2/c1-9-13-22-17(24,20-11-3)15(5,6)19-16(7,8)18(25,21-12-4)23-14-10-2/h19H,9-14H2,1-8,24-25H3. The molecule has 1 N–H and O–H groups in total. The van der Waals surface area contributed by atoms with Gasteiger partial charge in [0.2, 0.25) is 0 Å². The number of rotatable bonds is 14. The van der Waals surface area contributed by atoms with Gasteiger partial charge in [-0.1, -0.05) is 13.8 Å². The zero-order valence-electron chi connectivity index (χ0n) is 18.4. The van der Waals surface area contributed by atoms with Gasteiger partial charge in [0.25, 0.3) is 0 Å². The van der Waals surface area contributed by atoms with E-state index in [0.717, 1.165) is 33.3 Å². The largest absolute Gasteiger partial charge is 0.353 e. The molecule has 25 heavy (non-hydrogen) atoms. The van der Waals surface area contributed by atoms with Crippen LogP contribution in [0.4, 0.5) is 0 Å². The first-order valence-electron chi connectivity index (χ1n) is 9.80. The lowest BCUT2D eigenvalue weighted by Crippen LogP contribution is -2.73. The van der Waals surface area contributed by atoms with Gasteiger partial charge in [-0.3, -0.25) is 5.32 Å². The Morgan fingerprint density at radius 2 is 0.960 bits per heavy atom. The Bertz CT molecular complexity index is 348. The Labute approximate surface area is 161 Å². The average molecular weight is 394 g/mol. The van der Waals surface area contributed by atoms with E-state index < -0.39 is 10.8 Å². The molecule has 0 fully saturated rings. The van der Waals surface area contributed by atoms with Gasteiger partial charge in [0.1, 0.15) is 0 Å². The Hall–Kier alpha value is 0.234. The molecule has 0 aromatic rings. The Kier molecular flexibility index (Phi) is 10.6. The van der Waals surface area contributed by atoms with E-state index in [9.17, 15) is 0 Å². The van der Waals surface area contributed by atoms with Crippen molar-refractivity contribution in [2.75, 3.05) is 26.4 Å². The summed E-state index contributed by atoms with van der Waals surface area (Å²) in [6, 6.07) is 0. The van der Waals surface area contributed by atoms with Gasteiger partial charge < -0.3 is 18.9 Å². The van der Waals surface area contributed by atoms with Crippen molar-refractivity contribution in [3.63, 3.8) is 0 Å². The van der Waals surface area contributed by atoms with Gasteiger partial charge in [-0.2, -0.15) is 0 Å². The van der Waals surface area contributed by atoms with Crippen LogP contribution in [-0.4, -0.2) is 68.8 Å². The second-order valence-electron chi connectivity index (χ2n) is 7.83. The lowest BCUT2D eigenvalue weighted by Gasteiger charge is -2.53. The minimum atomic E-state index is -0.603. The highest BCUT2D eigenvalue weighted by molar-refractivity contribution is 6.15. The van der Waals surface area contributed by atoms with Crippen molar-refractivity contribution in [3.05, 3.63) is 0 Å². The third-order valence-electron chi connectivity index (χ3n) is 4.90. The minimum Gasteiger partial charge on any atom is -0.353 e. The summed E-state index contributed by atoms with van der Waals surface area (Å²) in [5.74, 6) is 0. The number of hydrogen-bond donors (Lipinski definition) is 1. The minimum absolute atomic E-state index is 0.379. The summed E-state index contributed by atoms with van der Waals surface area (Å²) in [7, 11) is 1.52. The van der Waals surface area contributed by atoms with E-state index in [1.165, 1.54) is 0 Å². The summed E-state index contributed by atoms with van der Waals surface area (Å²) >= 11 is 0. The lowest BCUT2D eigenvalue weighted by atomic mass is 9.94. The Balaban J connectivity index is 5.53. The lowest BCUT2D eigenvalue weighted by molar-refractivity contribution is -0.245. The van der Waals surface area contributed by atoms with E-state index in [-0.39, 0.29) is 11.1 Å². The summed E-state index contributed by atoms with van der Waals surface area (Å²) in [4.78, 5) is 0. The molecule has 7 heteroatoms. The van der Waals surface area contributed by atoms with Gasteiger partial charge in [0.05, 0.1) is 31.6 Å². The number of hydrogen-bond acceptors (Lipinski definition) is 5. The summed E-state index contributed by atoms with van der Waals surface area (Å²) in [6.07, 6.45) is 1.94. The Morgan fingerprint density at radius 1 is 0.640 bits per heavy atom. The molecule has 0 rings (SSSR count). The third kappa shape index (κ3) is 6.72. The fourth-order valence-electron chi connectivity index (χ4n) is 2.96. The summed E-state index contributed by atoms with van der Waals surface area (Å²) in [6.45, 7) is 19.5. The van der Waals surface area contributed by atoms with Gasteiger partial charge in [-0.15, -0.1) is 0 Å². The van der Waals surface area contributed by atoms with Crippen molar-refractivity contribution < 1.29 is 18.9 Å². The molecule has 0 spiro atoms. The highest BCUT2D eigenvalue weighted by Gasteiger charge is 2.51. The molecule has 0 aliphatic rings. The van der Waals surface area contributed by atoms with Crippen LogP contribution in [0.25, 0.3) is 0 Å². The predicted octanol–water partition coefficient (Wildman–Crippen LogP) is 1.10. The highest BCUT2D eigenvalue weighted by atomic mass is 28.2. The monoisotopic (exact) mass is 393 g/mol. The maximum Gasteiger partial charge on any atom is 0.158 e. The van der Waals surface area contributed by atoms with E-state index in [4.69, 9.17) is 18.9 Å². The van der Waals surface area contributed by atoms with Crippen molar-refractivity contribution in [2.45, 2.75) is 90.1 Å². The third-order valence-corrected chi connectivity index (χ3v) is 8.55. The van der Waals surface area contributed by atoms with Gasteiger partial charge >= 0.3 is 0 Å². The highest BCUT2D eigenvalue weighted by Crippen LogP contribution is 2.32. The van der Waals surface area contributed by atoms with Crippen LogP contribution in [0, 0.1) is 0 Å². The van der Waals surface area contributed by atoms with Crippen molar-refractivity contribution in [2.24, 2.45) is 0 Å². The average Bonchev–Trinajstić information content (AvgIpc) is 2.50. The molecular formula is C18H43NO4Si2. The zero-order valence-corrected chi connectivity index (χ0v) is 22.4. The molecule has 0 aromatic heterocycles. The fraction of sp³-hybridized carbons (Fsp3) is 1.00.